The predicted octanol–water partition coefficient (Wildman–Crippen LogP) is 3.06. The molecule has 0 aromatic carbocycles. The topological polar surface area (TPSA) is 29.0 Å². The zero-order chi connectivity index (χ0) is 11.8. The lowest BCUT2D eigenvalue weighted by Crippen LogP contribution is -2.38. The van der Waals surface area contributed by atoms with Gasteiger partial charge in [-0.25, -0.2) is 9.97 Å². The summed E-state index contributed by atoms with van der Waals surface area (Å²) in [6, 6.07) is 0. The smallest absolute Gasteiger partial charge is 0.137 e. The Hall–Kier alpha value is -0.830. The van der Waals surface area contributed by atoms with E-state index in [2.05, 4.69) is 28.7 Å². The Labute approximate surface area is 102 Å². The molecule has 0 aliphatic carbocycles. The number of rotatable bonds is 1. The van der Waals surface area contributed by atoms with Gasteiger partial charge in [0.25, 0.3) is 0 Å². The Morgan fingerprint density at radius 2 is 1.88 bits per heavy atom. The molecule has 1 aromatic rings. The molecule has 4 heteroatoms. The Morgan fingerprint density at radius 3 is 2.50 bits per heavy atom. The number of piperidine rings is 1. The van der Waals surface area contributed by atoms with Gasteiger partial charge in [-0.1, -0.05) is 25.4 Å². The third kappa shape index (κ3) is 2.29. The van der Waals surface area contributed by atoms with E-state index >= 15 is 0 Å². The highest BCUT2D eigenvalue weighted by atomic mass is 35.5. The van der Waals surface area contributed by atoms with Crippen LogP contribution >= 0.6 is 11.6 Å². The van der Waals surface area contributed by atoms with Gasteiger partial charge >= 0.3 is 0 Å². The molecular weight excluding hydrogens is 222 g/mol. The SMILES string of the molecule is Cc1c(Cl)ncnc1N1CCC(C)(C)CC1. The van der Waals surface area contributed by atoms with Crippen molar-refractivity contribution >= 4 is 17.4 Å². The number of hydrogen-bond acceptors (Lipinski definition) is 3. The van der Waals surface area contributed by atoms with Crippen LogP contribution in [0.25, 0.3) is 0 Å². The van der Waals surface area contributed by atoms with Crippen molar-refractivity contribution in [2.45, 2.75) is 33.6 Å². The molecule has 0 unspecified atom stereocenters. The van der Waals surface area contributed by atoms with E-state index in [1.807, 2.05) is 6.92 Å². The first-order valence-corrected chi connectivity index (χ1v) is 6.09. The van der Waals surface area contributed by atoms with Crippen LogP contribution in [0.2, 0.25) is 5.15 Å². The second-order valence-electron chi connectivity index (χ2n) is 5.26. The van der Waals surface area contributed by atoms with Gasteiger partial charge in [0.1, 0.15) is 17.3 Å². The fraction of sp³-hybridized carbons (Fsp3) is 0.667. The monoisotopic (exact) mass is 239 g/mol. The minimum absolute atomic E-state index is 0.460. The Morgan fingerprint density at radius 1 is 1.25 bits per heavy atom. The van der Waals surface area contributed by atoms with Crippen LogP contribution < -0.4 is 4.90 Å². The molecule has 1 aromatic heterocycles. The maximum absolute atomic E-state index is 6.01. The number of hydrogen-bond donors (Lipinski definition) is 0. The summed E-state index contributed by atoms with van der Waals surface area (Å²) in [7, 11) is 0. The summed E-state index contributed by atoms with van der Waals surface area (Å²) in [5, 5.41) is 0.565. The van der Waals surface area contributed by atoms with E-state index in [0.717, 1.165) is 24.5 Å². The van der Waals surface area contributed by atoms with Crippen molar-refractivity contribution in [3.05, 3.63) is 17.0 Å². The van der Waals surface area contributed by atoms with E-state index in [4.69, 9.17) is 11.6 Å². The highest BCUT2D eigenvalue weighted by Gasteiger charge is 2.26. The molecule has 2 heterocycles. The Bertz CT molecular complexity index is 380. The van der Waals surface area contributed by atoms with Gasteiger partial charge in [0.2, 0.25) is 0 Å². The lowest BCUT2D eigenvalue weighted by atomic mass is 9.82. The van der Waals surface area contributed by atoms with Crippen LogP contribution in [0.4, 0.5) is 5.82 Å². The van der Waals surface area contributed by atoms with Crippen molar-refractivity contribution in [1.29, 1.82) is 0 Å². The molecule has 1 aliphatic heterocycles. The first-order chi connectivity index (χ1) is 7.49. The number of anilines is 1. The van der Waals surface area contributed by atoms with Crippen LogP contribution in [0.5, 0.6) is 0 Å². The molecule has 2 rings (SSSR count). The summed E-state index contributed by atoms with van der Waals surface area (Å²) in [5.41, 5.74) is 1.45. The maximum Gasteiger partial charge on any atom is 0.137 e. The standard InChI is InChI=1S/C12H18ClN3/c1-9-10(13)14-8-15-11(9)16-6-4-12(2,3)5-7-16/h8H,4-7H2,1-3H3. The quantitative estimate of drug-likeness (QED) is 0.706. The van der Waals surface area contributed by atoms with Gasteiger partial charge in [-0.3, -0.25) is 0 Å². The normalized spacial score (nSPS) is 19.9. The zero-order valence-electron chi connectivity index (χ0n) is 10.1. The first-order valence-electron chi connectivity index (χ1n) is 5.72. The fourth-order valence-electron chi connectivity index (χ4n) is 2.06. The number of aromatic nitrogens is 2. The summed E-state index contributed by atoms with van der Waals surface area (Å²) in [5.74, 6) is 0.996. The van der Waals surface area contributed by atoms with E-state index in [1.165, 1.54) is 12.8 Å². The third-order valence-corrected chi connectivity index (χ3v) is 3.79. The van der Waals surface area contributed by atoms with Gasteiger partial charge in [0.15, 0.2) is 0 Å². The van der Waals surface area contributed by atoms with Crippen LogP contribution in [0.15, 0.2) is 6.33 Å². The molecule has 1 saturated heterocycles. The number of nitrogens with zero attached hydrogens (tertiary/aromatic N) is 3. The summed E-state index contributed by atoms with van der Waals surface area (Å²) >= 11 is 6.01. The average molecular weight is 240 g/mol. The van der Waals surface area contributed by atoms with E-state index in [0.29, 0.717) is 10.6 Å². The van der Waals surface area contributed by atoms with Gasteiger partial charge in [-0.2, -0.15) is 0 Å². The fourth-order valence-corrected chi connectivity index (χ4v) is 2.19. The van der Waals surface area contributed by atoms with Crippen LogP contribution in [0, 0.1) is 12.3 Å². The number of halogens is 1. The summed E-state index contributed by atoms with van der Waals surface area (Å²) < 4.78 is 0. The molecule has 0 atom stereocenters. The van der Waals surface area contributed by atoms with Gasteiger partial charge in [-0.05, 0) is 25.2 Å². The molecule has 0 saturated carbocycles. The molecular formula is C12H18ClN3. The van der Waals surface area contributed by atoms with Crippen molar-refractivity contribution in [3.8, 4) is 0 Å². The molecule has 1 fully saturated rings. The average Bonchev–Trinajstić information content (AvgIpc) is 2.23. The molecule has 16 heavy (non-hydrogen) atoms. The van der Waals surface area contributed by atoms with Crippen molar-refractivity contribution in [1.82, 2.24) is 9.97 Å². The summed E-state index contributed by atoms with van der Waals surface area (Å²) in [4.78, 5) is 10.6. The van der Waals surface area contributed by atoms with Gasteiger partial charge < -0.3 is 4.90 Å². The second kappa shape index (κ2) is 4.21. The van der Waals surface area contributed by atoms with Gasteiger partial charge in [-0.15, -0.1) is 0 Å². The van der Waals surface area contributed by atoms with Crippen molar-refractivity contribution in [2.75, 3.05) is 18.0 Å². The maximum atomic E-state index is 6.01. The van der Waals surface area contributed by atoms with Crippen molar-refractivity contribution < 1.29 is 0 Å². The zero-order valence-corrected chi connectivity index (χ0v) is 10.9. The van der Waals surface area contributed by atoms with Crippen LogP contribution in [-0.4, -0.2) is 23.1 Å². The van der Waals surface area contributed by atoms with Gasteiger partial charge in [0, 0.05) is 18.7 Å². The first kappa shape index (κ1) is 11.6. The van der Waals surface area contributed by atoms with Crippen LogP contribution in [-0.2, 0) is 0 Å². The highest BCUT2D eigenvalue weighted by molar-refractivity contribution is 6.30. The van der Waals surface area contributed by atoms with E-state index in [9.17, 15) is 0 Å². The van der Waals surface area contributed by atoms with E-state index in [-0.39, 0.29) is 0 Å². The lowest BCUT2D eigenvalue weighted by Gasteiger charge is -2.38. The molecule has 88 valence electrons. The van der Waals surface area contributed by atoms with Crippen molar-refractivity contribution in [3.63, 3.8) is 0 Å². The van der Waals surface area contributed by atoms with E-state index < -0.39 is 0 Å². The van der Waals surface area contributed by atoms with Crippen molar-refractivity contribution in [2.24, 2.45) is 5.41 Å². The molecule has 0 spiro atoms. The minimum atomic E-state index is 0.460. The highest BCUT2D eigenvalue weighted by Crippen LogP contribution is 2.33. The second-order valence-corrected chi connectivity index (χ2v) is 5.62. The van der Waals surface area contributed by atoms with Crippen LogP contribution in [0.3, 0.4) is 0 Å². The third-order valence-electron chi connectivity index (χ3n) is 3.41. The minimum Gasteiger partial charge on any atom is -0.356 e. The lowest BCUT2D eigenvalue weighted by molar-refractivity contribution is 0.279. The van der Waals surface area contributed by atoms with E-state index in [1.54, 1.807) is 6.33 Å². The molecule has 0 N–H and O–H groups in total. The van der Waals surface area contributed by atoms with Crippen LogP contribution in [0.1, 0.15) is 32.3 Å². The van der Waals surface area contributed by atoms with Gasteiger partial charge in [0.05, 0.1) is 0 Å². The molecule has 0 bridgehead atoms. The molecule has 1 aliphatic rings. The Kier molecular flexibility index (Phi) is 3.06. The predicted molar refractivity (Wildman–Crippen MR) is 67.0 cm³/mol. The Balaban J connectivity index is 2.17. The molecule has 0 amide bonds. The molecule has 3 nitrogen and oxygen atoms in total. The molecule has 0 radical (unpaired) electrons. The summed E-state index contributed by atoms with van der Waals surface area (Å²) in [6.07, 6.45) is 3.95. The largest absolute Gasteiger partial charge is 0.356 e. The summed E-state index contributed by atoms with van der Waals surface area (Å²) in [6.45, 7) is 8.74.